The highest BCUT2D eigenvalue weighted by molar-refractivity contribution is 7.48. The molecule has 0 atom stereocenters. The second-order valence-corrected chi connectivity index (χ2v) is 10.2. The first kappa shape index (κ1) is 29.7. The van der Waals surface area contributed by atoms with Gasteiger partial charge in [0.15, 0.2) is 0 Å². The summed E-state index contributed by atoms with van der Waals surface area (Å²) in [5.41, 5.74) is 0. The number of allylic oxidation sites excluding steroid dienone is 2. The first-order valence-electron chi connectivity index (χ1n) is 13.1. The Hall–Kier alpha value is -1.35. The third-order valence-electron chi connectivity index (χ3n) is 5.56. The van der Waals surface area contributed by atoms with Crippen molar-refractivity contribution in [1.29, 1.82) is 0 Å². The highest BCUT2D eigenvalue weighted by atomic mass is 31.2. The molecule has 0 unspecified atom stereocenters. The van der Waals surface area contributed by atoms with E-state index in [-0.39, 0.29) is 0 Å². The molecule has 0 saturated heterocycles. The number of hydrogen-bond donors (Lipinski definition) is 0. The maximum Gasteiger partial charge on any atom is 0.530 e. The zero-order chi connectivity index (χ0) is 23.9. The molecule has 1 aromatic rings. The van der Waals surface area contributed by atoms with Crippen LogP contribution in [0, 0.1) is 0 Å². The SMILES string of the molecule is C=CCCCCCCCCCOP(=O)(OCCCCCCCCCC=C)Oc1ccccc1. The van der Waals surface area contributed by atoms with E-state index in [1.807, 2.05) is 30.4 Å². The molecule has 0 heterocycles. The molecule has 0 aromatic heterocycles. The Kier molecular flexibility index (Phi) is 19.1. The van der Waals surface area contributed by atoms with E-state index in [1.54, 1.807) is 12.1 Å². The van der Waals surface area contributed by atoms with Gasteiger partial charge in [0.2, 0.25) is 0 Å². The minimum atomic E-state index is -3.61. The average Bonchev–Trinajstić information content (AvgIpc) is 2.82. The van der Waals surface area contributed by atoms with Crippen LogP contribution in [0.2, 0.25) is 0 Å². The predicted molar refractivity (Wildman–Crippen MR) is 141 cm³/mol. The fourth-order valence-electron chi connectivity index (χ4n) is 3.60. The van der Waals surface area contributed by atoms with Crippen molar-refractivity contribution >= 4 is 7.82 Å². The van der Waals surface area contributed by atoms with Crippen LogP contribution in [0.1, 0.15) is 103 Å². The lowest BCUT2D eigenvalue weighted by molar-refractivity contribution is 0.150. The first-order chi connectivity index (χ1) is 16.2. The number of rotatable bonds is 24. The molecule has 0 saturated carbocycles. The van der Waals surface area contributed by atoms with Gasteiger partial charge >= 0.3 is 7.82 Å². The molecule has 0 bridgehead atoms. The monoisotopic (exact) mass is 478 g/mol. The normalized spacial score (nSPS) is 11.4. The molecule has 0 aliphatic heterocycles. The van der Waals surface area contributed by atoms with Gasteiger partial charge in [0.05, 0.1) is 13.2 Å². The minimum Gasteiger partial charge on any atom is -0.404 e. The molecule has 0 spiro atoms. The second-order valence-electron chi connectivity index (χ2n) is 8.62. The molecule has 1 aromatic carbocycles. The minimum absolute atomic E-state index is 0.394. The number of unbranched alkanes of at least 4 members (excludes halogenated alkanes) is 14. The van der Waals surface area contributed by atoms with E-state index >= 15 is 0 Å². The summed E-state index contributed by atoms with van der Waals surface area (Å²) in [7, 11) is -3.61. The fourth-order valence-corrected chi connectivity index (χ4v) is 4.87. The van der Waals surface area contributed by atoms with E-state index in [0.717, 1.165) is 38.5 Å². The van der Waals surface area contributed by atoms with Gasteiger partial charge in [0, 0.05) is 0 Å². The Morgan fingerprint density at radius 1 is 0.606 bits per heavy atom. The number of hydrogen-bond acceptors (Lipinski definition) is 4. The summed E-state index contributed by atoms with van der Waals surface area (Å²) >= 11 is 0. The van der Waals surface area contributed by atoms with E-state index in [0.29, 0.717) is 19.0 Å². The second kappa shape index (κ2) is 21.2. The Labute approximate surface area is 203 Å². The van der Waals surface area contributed by atoms with Gasteiger partial charge < -0.3 is 4.52 Å². The molecule has 4 nitrogen and oxygen atoms in total. The summed E-state index contributed by atoms with van der Waals surface area (Å²) in [6.45, 7) is 8.31. The van der Waals surface area contributed by atoms with Gasteiger partial charge in [-0.3, -0.25) is 9.05 Å². The summed E-state index contributed by atoms with van der Waals surface area (Å²) < 4.78 is 30.2. The van der Waals surface area contributed by atoms with Crippen molar-refractivity contribution in [3.8, 4) is 5.75 Å². The molecular formula is C28H47O4P. The van der Waals surface area contributed by atoms with Gasteiger partial charge in [-0.1, -0.05) is 94.6 Å². The van der Waals surface area contributed by atoms with Gasteiger partial charge in [-0.25, -0.2) is 4.57 Å². The van der Waals surface area contributed by atoms with Crippen molar-refractivity contribution in [2.45, 2.75) is 103 Å². The first-order valence-corrected chi connectivity index (χ1v) is 14.5. The average molecular weight is 479 g/mol. The Morgan fingerprint density at radius 2 is 1.00 bits per heavy atom. The molecule has 0 radical (unpaired) electrons. The maximum absolute atomic E-state index is 13.2. The molecule has 1 rings (SSSR count). The smallest absolute Gasteiger partial charge is 0.404 e. The van der Waals surface area contributed by atoms with Crippen LogP contribution in [0.5, 0.6) is 5.75 Å². The van der Waals surface area contributed by atoms with Gasteiger partial charge in [-0.15, -0.1) is 13.2 Å². The largest absolute Gasteiger partial charge is 0.530 e. The molecule has 5 heteroatoms. The molecule has 0 fully saturated rings. The number of benzene rings is 1. The van der Waals surface area contributed by atoms with Gasteiger partial charge in [-0.2, -0.15) is 0 Å². The van der Waals surface area contributed by atoms with Crippen molar-refractivity contribution in [2.24, 2.45) is 0 Å². The highest BCUT2D eigenvalue weighted by Gasteiger charge is 2.28. The van der Waals surface area contributed by atoms with Crippen molar-refractivity contribution in [3.63, 3.8) is 0 Å². The van der Waals surface area contributed by atoms with Gasteiger partial charge in [0.25, 0.3) is 0 Å². The van der Waals surface area contributed by atoms with Crippen LogP contribution in [-0.2, 0) is 13.6 Å². The predicted octanol–water partition coefficient (Wildman–Crippen LogP) is 9.82. The number of phosphoric acid groups is 1. The third kappa shape index (κ3) is 17.7. The van der Waals surface area contributed by atoms with E-state index in [9.17, 15) is 4.57 Å². The van der Waals surface area contributed by atoms with Crippen LogP contribution in [0.4, 0.5) is 0 Å². The zero-order valence-corrected chi connectivity index (χ0v) is 21.7. The fraction of sp³-hybridized carbons (Fsp3) is 0.643. The lowest BCUT2D eigenvalue weighted by Gasteiger charge is -2.18. The van der Waals surface area contributed by atoms with Crippen LogP contribution in [0.15, 0.2) is 55.6 Å². The van der Waals surface area contributed by atoms with Crippen LogP contribution < -0.4 is 4.52 Å². The quantitative estimate of drug-likeness (QED) is 0.0842. The lowest BCUT2D eigenvalue weighted by Crippen LogP contribution is -2.05. The van der Waals surface area contributed by atoms with Crippen molar-refractivity contribution in [3.05, 3.63) is 55.6 Å². The van der Waals surface area contributed by atoms with Crippen LogP contribution in [0.25, 0.3) is 0 Å². The molecule has 0 N–H and O–H groups in total. The van der Waals surface area contributed by atoms with Crippen molar-refractivity contribution in [2.75, 3.05) is 13.2 Å². The molecule has 33 heavy (non-hydrogen) atoms. The number of para-hydroxylation sites is 1. The third-order valence-corrected chi connectivity index (χ3v) is 7.00. The zero-order valence-electron chi connectivity index (χ0n) is 20.8. The number of phosphoric ester groups is 1. The molecule has 0 amide bonds. The lowest BCUT2D eigenvalue weighted by atomic mass is 10.1. The molecule has 0 aliphatic carbocycles. The van der Waals surface area contributed by atoms with Crippen LogP contribution in [0.3, 0.4) is 0 Å². The van der Waals surface area contributed by atoms with Crippen molar-refractivity contribution < 1.29 is 18.1 Å². The highest BCUT2D eigenvalue weighted by Crippen LogP contribution is 2.49. The molecular weight excluding hydrogens is 431 g/mol. The topological polar surface area (TPSA) is 44.8 Å². The summed E-state index contributed by atoms with van der Waals surface area (Å²) in [4.78, 5) is 0. The molecule has 188 valence electrons. The van der Waals surface area contributed by atoms with Gasteiger partial charge in [0.1, 0.15) is 5.75 Å². The molecule has 0 aliphatic rings. The van der Waals surface area contributed by atoms with E-state index in [2.05, 4.69) is 13.2 Å². The maximum atomic E-state index is 13.2. The Balaban J connectivity index is 2.24. The Bertz CT molecular complexity index is 600. The van der Waals surface area contributed by atoms with Crippen LogP contribution >= 0.6 is 7.82 Å². The van der Waals surface area contributed by atoms with E-state index < -0.39 is 7.82 Å². The Morgan fingerprint density at radius 3 is 1.42 bits per heavy atom. The summed E-state index contributed by atoms with van der Waals surface area (Å²) in [5, 5.41) is 0. The van der Waals surface area contributed by atoms with E-state index in [4.69, 9.17) is 13.6 Å². The standard InChI is InChI=1S/C28H47O4P/c1-3-5-7-9-11-13-15-17-22-26-30-33(29,32-28-24-20-19-21-25-28)31-27-23-18-16-14-12-10-8-6-4-2/h3-4,19-21,24-25H,1-2,5-18,22-23,26-27H2. The van der Waals surface area contributed by atoms with Gasteiger partial charge in [-0.05, 0) is 50.7 Å². The summed E-state index contributed by atoms with van der Waals surface area (Å²) in [6.07, 6.45) is 22.4. The summed E-state index contributed by atoms with van der Waals surface area (Å²) in [6, 6.07) is 9.15. The summed E-state index contributed by atoms with van der Waals surface area (Å²) in [5.74, 6) is 0.514. The van der Waals surface area contributed by atoms with E-state index in [1.165, 1.54) is 64.2 Å². The van der Waals surface area contributed by atoms with Crippen molar-refractivity contribution in [1.82, 2.24) is 0 Å². The van der Waals surface area contributed by atoms with Crippen LogP contribution in [-0.4, -0.2) is 13.2 Å².